The van der Waals surface area contributed by atoms with Crippen LogP contribution < -0.4 is 64.5 Å². The first-order chi connectivity index (χ1) is 58.2. The number of ether oxygens (including phenoxy) is 2. The van der Waals surface area contributed by atoms with E-state index in [2.05, 4.69) is 65.3 Å². The largest absolute Gasteiger partial charge is 1.00 e. The SMILES string of the molecule is CC(=O)N(Cc1ccc(C)nc1N)/C(C)=C(/CCO)SS/C(CCO)=C(/C)N(Cc1ccc(C)nc1N)C(C)=O.CC(=O)OCCC(Cl)C(C)=O.CC(=O)OCCc1sc(C)nc1C.CC(N)=S.CO.Cc1ccc(CCl)c(N)n1.Cc1ccc(C[n+]2c(C)sc(CCO)c2C)c(N)n1.Cc1nc(C)c(CCO)s1.Cl.Cl.[C-]#N.[C-]#N.[C-]#N.[C-]#N.[C-]#N.[C-]#N.[Cl-].[Fe+6].[K].[K][K].[Li+].[OH-]. The second kappa shape index (κ2) is 101. The number of pyridine rings is 4. The number of nitrogen functional groups attached to an aromatic ring is 4. The van der Waals surface area contributed by atoms with Gasteiger partial charge >= 0.3 is 111 Å². The van der Waals surface area contributed by atoms with Crippen molar-refractivity contribution in [2.75, 3.05) is 69.7 Å². The van der Waals surface area contributed by atoms with Gasteiger partial charge in [0.2, 0.25) is 16.8 Å². The fraction of sp³-hybridized carbons (Fsp3) is 0.444. The number of amides is 2. The summed E-state index contributed by atoms with van der Waals surface area (Å²) in [5, 5.41) is 84.7. The summed E-state index contributed by atoms with van der Waals surface area (Å²) in [5.41, 5.74) is 40.1. The normalized spacial score (nSPS) is 9.43. The van der Waals surface area contributed by atoms with Crippen LogP contribution >= 0.6 is 116 Å². The first-order valence-corrected chi connectivity index (χ1v) is 58.7. The molecule has 7 rings (SSSR count). The number of thiazole rings is 3. The maximum Gasteiger partial charge on any atom is 1.00 e. The smallest absolute Gasteiger partial charge is 0.870 e. The number of hydrogen-bond donors (Lipinski definition) is 10. The standard InChI is InChI=1S/C28H40N6O4S2.C14H20N3OS.C9H13NO2S.C7H9ClN2.C7H11ClO3.C7H11NOS.C2H5NS.6CN.CH4O.3ClH.Fe.3K.Li.H2O/c1-17-7-9-23(27(29)31-17)15-33(21(5)37)19(3)25(11-13-35)39-40-26(12-14-36)20(4)34(22(6)38)16-24-10-8-18(2)32-28(24)30;1-9-4-5-12(14(15)16-9)8-17-10(2)13(6-7-18)19-11(17)3;1-6-9(13-7(2)10-6)4-5-12-8(3)11;1-5-2-3-6(4-8)7(9)10-5;1-5(9)7(8)3-4-11-6(2)10;1-5-7(3-4-9)10-6(2)8-5;1-2(3)4;7*1-2;;;;;;;;;/h7-10,35-36H,11-16H2,1-6H3,(H2,29,31)(H2,30,32);4-5,18H,6-8H2,1-3H3,(H2,15,16);4-5H2,1-3H3;2-3H,4H2,1H3,(H2,9,10);7H,3-4H2,1-2H3;9H,3-4H2,1-2H3;1H3,(H2,3,4);;;;;;;2H,1H3;3*1H;;;;;;1H2/q;+1;;;;;;6*-1;;;;;+6;;;;+1;/p-2/b25-19-,26-20-;;;;;;;;;;;;;;;;;;;;;;. The van der Waals surface area contributed by atoms with Gasteiger partial charge in [-0.1, -0.05) is 63.3 Å². The van der Waals surface area contributed by atoms with Crippen LogP contribution in [0.25, 0.3) is 0 Å². The number of allylic oxidation sites excluding steroid dienone is 2. The number of Topliss-reactive ketones (excluding diaryl/α,β-unsaturated/α-hetero) is 1. The van der Waals surface area contributed by atoms with Gasteiger partial charge in [0, 0.05) is 235 Å². The summed E-state index contributed by atoms with van der Waals surface area (Å²) in [4.78, 5) is 91.0. The number of aliphatic hydroxyl groups excluding tert-OH is 5. The molecule has 7 aromatic heterocycles. The average molecular weight is 2130 g/mol. The van der Waals surface area contributed by atoms with Crippen LogP contribution in [0, 0.1) is 140 Å². The summed E-state index contributed by atoms with van der Waals surface area (Å²) in [6, 6.07) is 15.2. The Morgan fingerprint density at radius 2 is 0.815 bits per heavy atom. The molecule has 0 saturated carbocycles. The van der Waals surface area contributed by atoms with Gasteiger partial charge in [0.1, 0.15) is 29.1 Å². The summed E-state index contributed by atoms with van der Waals surface area (Å²) in [6.45, 7) is 62.6. The molecule has 1 unspecified atom stereocenters. The monoisotopic (exact) mass is 2120 g/mol. The summed E-state index contributed by atoms with van der Waals surface area (Å²) in [6.07, 6.45) is 3.27. The van der Waals surface area contributed by atoms with Crippen molar-refractivity contribution >= 4 is 288 Å². The minimum absolute atomic E-state index is 0. The van der Waals surface area contributed by atoms with Gasteiger partial charge in [-0.3, -0.25) is 24.0 Å². The Labute approximate surface area is 932 Å². The van der Waals surface area contributed by atoms with Crippen molar-refractivity contribution in [3.8, 4) is 0 Å². The molecule has 0 fully saturated rings. The van der Waals surface area contributed by atoms with Crippen LogP contribution in [0.5, 0.6) is 0 Å². The minimum Gasteiger partial charge on any atom is -0.870 e. The van der Waals surface area contributed by atoms with Crippen LogP contribution in [0.3, 0.4) is 0 Å². The number of esters is 2. The number of aliphatic hydroxyl groups is 5. The number of nitrogens with two attached hydrogens (primary N) is 5. The number of aryl methyl sites for hydroxylation is 9. The van der Waals surface area contributed by atoms with E-state index in [9.17, 15) is 34.2 Å². The molecule has 0 aliphatic carbocycles. The van der Waals surface area contributed by atoms with Crippen LogP contribution in [-0.4, -0.2) is 272 Å². The molecule has 2 amide bonds. The van der Waals surface area contributed by atoms with E-state index in [1.807, 2.05) is 118 Å². The molecule has 0 aliphatic rings. The molecule has 1 radical (unpaired) electrons. The molecule has 7 heterocycles. The number of alkyl halides is 2. The van der Waals surface area contributed by atoms with Crippen LogP contribution in [0.1, 0.15) is 166 Å². The molecule has 33 nitrogen and oxygen atoms in total. The van der Waals surface area contributed by atoms with Crippen molar-refractivity contribution in [1.29, 1.82) is 31.6 Å². The van der Waals surface area contributed by atoms with Crippen LogP contribution in [0.4, 0.5) is 23.3 Å². The van der Waals surface area contributed by atoms with Gasteiger partial charge in [0.05, 0.1) is 74.4 Å². The Kier molecular flexibility index (Phi) is 125. The summed E-state index contributed by atoms with van der Waals surface area (Å²) in [7, 11) is 3.77. The summed E-state index contributed by atoms with van der Waals surface area (Å²) in [5.74, 6) is 1.27. The van der Waals surface area contributed by atoms with Crippen molar-refractivity contribution in [2.24, 2.45) is 5.73 Å². The van der Waals surface area contributed by atoms with Crippen molar-refractivity contribution in [1.82, 2.24) is 39.7 Å². The number of anilines is 4. The minimum atomic E-state index is -0.533. The van der Waals surface area contributed by atoms with Gasteiger partial charge < -0.3 is 162 Å². The van der Waals surface area contributed by atoms with E-state index < -0.39 is 5.38 Å². The molecule has 0 spiro atoms. The number of halogens is 5. The topological polar surface area (TPSA) is 595 Å². The number of aromatic nitrogens is 7. The zero-order valence-corrected chi connectivity index (χ0v) is 97.2. The van der Waals surface area contributed by atoms with Gasteiger partial charge in [-0.15, -0.1) is 70.7 Å². The average Bonchev–Trinajstić information content (AvgIpc) is 1.62. The molecule has 0 saturated heterocycles. The van der Waals surface area contributed by atoms with Gasteiger partial charge in [-0.05, 0) is 113 Å². The van der Waals surface area contributed by atoms with E-state index in [1.165, 1.54) is 145 Å². The third kappa shape index (κ3) is 74.6. The van der Waals surface area contributed by atoms with Gasteiger partial charge in [-0.2, -0.15) is 4.57 Å². The fourth-order valence-corrected chi connectivity index (χ4v) is 15.4. The van der Waals surface area contributed by atoms with E-state index in [0.717, 1.165) is 103 Å². The van der Waals surface area contributed by atoms with E-state index in [-0.39, 0.29) is 206 Å². The van der Waals surface area contributed by atoms with E-state index in [4.69, 9.17) is 143 Å². The molecule has 0 bridgehead atoms. The summed E-state index contributed by atoms with van der Waals surface area (Å²) >= 11 is 23.0. The molecule has 7 aromatic rings. The van der Waals surface area contributed by atoms with Gasteiger partial charge in [0.15, 0.2) is 12.2 Å². The number of hydrogen-bond acceptors (Lipinski definition) is 35. The zero-order chi connectivity index (χ0) is 97.4. The maximum atomic E-state index is 12.7. The Hall–Kier alpha value is -3.51. The second-order valence-electron chi connectivity index (χ2n) is 24.0. The predicted molar refractivity (Wildman–Crippen MR) is 513 cm³/mol. The second-order valence-corrected chi connectivity index (χ2v) is 31.6. The fourth-order valence-electron chi connectivity index (χ4n) is 9.32. The number of carbonyl (C=O) groups is 5. The first kappa shape index (κ1) is 160. The number of nitrogens with zero attached hydrogens (tertiary/aromatic N) is 15. The Bertz CT molecular complexity index is 4320. The van der Waals surface area contributed by atoms with E-state index in [0.29, 0.717) is 77.8 Å². The number of rotatable bonds is 27. The van der Waals surface area contributed by atoms with Crippen molar-refractivity contribution in [3.05, 3.63) is 201 Å². The van der Waals surface area contributed by atoms with Gasteiger partial charge in [0.25, 0.3) is 0 Å². The molecule has 130 heavy (non-hydrogen) atoms. The molecular weight excluding hydrogens is 2010 g/mol. The number of thiocarbonyl (C=S) groups is 1. The third-order valence-electron chi connectivity index (χ3n) is 14.9. The molecule has 701 valence electrons. The molecule has 16 N–H and O–H groups in total. The van der Waals surface area contributed by atoms with Crippen LogP contribution in [0.2, 0.25) is 0 Å². The van der Waals surface area contributed by atoms with Crippen molar-refractivity contribution < 1.29 is 117 Å². The maximum absolute atomic E-state index is 12.7. The van der Waals surface area contributed by atoms with E-state index >= 15 is 0 Å². The van der Waals surface area contributed by atoms with E-state index in [1.54, 1.807) is 50.7 Å². The third-order valence-corrected chi connectivity index (χ3v) is 22.2. The van der Waals surface area contributed by atoms with Crippen molar-refractivity contribution in [3.63, 3.8) is 0 Å². The predicted octanol–water partition coefficient (Wildman–Crippen LogP) is 5.80. The molecule has 0 aromatic carbocycles. The summed E-state index contributed by atoms with van der Waals surface area (Å²) < 4.78 is 11.7. The van der Waals surface area contributed by atoms with Gasteiger partial charge in [-0.25, -0.2) is 29.9 Å². The number of carbonyl (C=O) groups excluding carboxylic acids is 5. The van der Waals surface area contributed by atoms with Crippen molar-refractivity contribution in [2.45, 2.75) is 194 Å². The first-order valence-electron chi connectivity index (χ1n) is 36.7. The molecular formula is C81H116Cl5FeK3LiN20O13S6. The molecule has 1 atom stereocenters. The molecule has 49 heteroatoms. The zero-order valence-electron chi connectivity index (χ0n) is 77.9. The Morgan fingerprint density at radius 1 is 0.523 bits per heavy atom. The van der Waals surface area contributed by atoms with Crippen LogP contribution in [0.15, 0.2) is 69.7 Å². The Balaban J connectivity index is -0.0000000959. The van der Waals surface area contributed by atoms with Crippen LogP contribution in [-0.2, 0) is 95.3 Å². The Morgan fingerprint density at radius 3 is 1.08 bits per heavy atom. The quantitative estimate of drug-likeness (QED) is 0.00553. The number of ketones is 1. The molecule has 0 aliphatic heterocycles.